The van der Waals surface area contributed by atoms with E-state index in [1.54, 1.807) is 37.1 Å². The maximum Gasteiger partial charge on any atom is 0.274 e. The highest BCUT2D eigenvalue weighted by Crippen LogP contribution is 2.14. The molecule has 0 aromatic carbocycles. The summed E-state index contributed by atoms with van der Waals surface area (Å²) in [6.45, 7) is 6.96. The molecule has 20 heavy (non-hydrogen) atoms. The van der Waals surface area contributed by atoms with E-state index in [1.807, 2.05) is 0 Å². The Balaban J connectivity index is 1.94. The number of pyridine rings is 1. The summed E-state index contributed by atoms with van der Waals surface area (Å²) in [5, 5.41) is 9.81. The van der Waals surface area contributed by atoms with Crippen LogP contribution in [0.2, 0.25) is 0 Å². The van der Waals surface area contributed by atoms with Crippen LogP contribution >= 0.6 is 0 Å². The SMILES string of the molecule is CC(C)(O)CN1CCN(C(=O)c2ncccc2N)CC1. The number of nitrogens with two attached hydrogens (primary N) is 1. The molecule has 0 spiro atoms. The molecular formula is C14H22N4O2. The first-order chi connectivity index (χ1) is 9.37. The van der Waals surface area contributed by atoms with Gasteiger partial charge in [-0.1, -0.05) is 0 Å². The zero-order valence-electron chi connectivity index (χ0n) is 12.0. The van der Waals surface area contributed by atoms with E-state index in [1.165, 1.54) is 0 Å². The third kappa shape index (κ3) is 3.68. The molecular weight excluding hydrogens is 256 g/mol. The first-order valence-corrected chi connectivity index (χ1v) is 6.81. The lowest BCUT2D eigenvalue weighted by Gasteiger charge is -2.37. The van der Waals surface area contributed by atoms with Crippen LogP contribution in [0.5, 0.6) is 0 Å². The minimum Gasteiger partial charge on any atom is -0.397 e. The largest absolute Gasteiger partial charge is 0.397 e. The Morgan fingerprint density at radius 2 is 2.05 bits per heavy atom. The number of hydrogen-bond acceptors (Lipinski definition) is 5. The zero-order chi connectivity index (χ0) is 14.8. The van der Waals surface area contributed by atoms with E-state index in [-0.39, 0.29) is 5.91 Å². The van der Waals surface area contributed by atoms with Gasteiger partial charge in [-0.2, -0.15) is 0 Å². The number of carbonyl (C=O) groups excluding carboxylic acids is 1. The zero-order valence-corrected chi connectivity index (χ0v) is 12.0. The van der Waals surface area contributed by atoms with Crippen LogP contribution < -0.4 is 5.73 Å². The van der Waals surface area contributed by atoms with Gasteiger partial charge in [-0.3, -0.25) is 9.69 Å². The molecule has 1 fully saturated rings. The van der Waals surface area contributed by atoms with Crippen LogP contribution in [0, 0.1) is 0 Å². The third-order valence-electron chi connectivity index (χ3n) is 3.31. The highest BCUT2D eigenvalue weighted by molar-refractivity contribution is 5.97. The van der Waals surface area contributed by atoms with Gasteiger partial charge in [0, 0.05) is 38.9 Å². The van der Waals surface area contributed by atoms with Crippen LogP contribution in [0.4, 0.5) is 5.69 Å². The van der Waals surface area contributed by atoms with Crippen molar-refractivity contribution in [3.63, 3.8) is 0 Å². The fourth-order valence-electron chi connectivity index (χ4n) is 2.40. The molecule has 0 saturated carbocycles. The number of anilines is 1. The first-order valence-electron chi connectivity index (χ1n) is 6.81. The van der Waals surface area contributed by atoms with E-state index in [0.717, 1.165) is 13.1 Å². The minimum atomic E-state index is -0.711. The quantitative estimate of drug-likeness (QED) is 0.825. The normalized spacial score (nSPS) is 17.2. The Bertz CT molecular complexity index is 476. The van der Waals surface area contributed by atoms with Crippen molar-refractivity contribution in [1.82, 2.24) is 14.8 Å². The lowest BCUT2D eigenvalue weighted by molar-refractivity contribution is 0.0177. The Morgan fingerprint density at radius 3 is 2.60 bits per heavy atom. The molecule has 0 aliphatic carbocycles. The average Bonchev–Trinajstić information content (AvgIpc) is 2.37. The van der Waals surface area contributed by atoms with Crippen molar-refractivity contribution in [1.29, 1.82) is 0 Å². The van der Waals surface area contributed by atoms with Crippen molar-refractivity contribution in [3.05, 3.63) is 24.0 Å². The number of β-amino-alcohol motifs (C(OH)–C–C–N with tert-alkyl or cyclic N) is 1. The summed E-state index contributed by atoms with van der Waals surface area (Å²) in [7, 11) is 0. The van der Waals surface area contributed by atoms with Gasteiger partial charge in [-0.25, -0.2) is 4.98 Å². The number of aromatic nitrogens is 1. The number of hydrogen-bond donors (Lipinski definition) is 2. The minimum absolute atomic E-state index is 0.119. The molecule has 2 heterocycles. The number of piperazine rings is 1. The molecule has 0 atom stereocenters. The number of amides is 1. The molecule has 1 saturated heterocycles. The summed E-state index contributed by atoms with van der Waals surface area (Å²) < 4.78 is 0. The van der Waals surface area contributed by atoms with Crippen molar-refractivity contribution in [2.45, 2.75) is 19.4 Å². The van der Waals surface area contributed by atoms with E-state index >= 15 is 0 Å². The monoisotopic (exact) mass is 278 g/mol. The van der Waals surface area contributed by atoms with Crippen LogP contribution in [0.25, 0.3) is 0 Å². The van der Waals surface area contributed by atoms with E-state index in [4.69, 9.17) is 5.73 Å². The second-order valence-corrected chi connectivity index (χ2v) is 5.82. The lowest BCUT2D eigenvalue weighted by Crippen LogP contribution is -2.52. The molecule has 110 valence electrons. The lowest BCUT2D eigenvalue weighted by atomic mass is 10.1. The second kappa shape index (κ2) is 5.76. The summed E-state index contributed by atoms with van der Waals surface area (Å²) in [6.07, 6.45) is 1.58. The molecule has 1 aromatic rings. The van der Waals surface area contributed by atoms with E-state index < -0.39 is 5.60 Å². The standard InChI is InChI=1S/C14H22N4O2/c1-14(2,20)10-17-6-8-18(9-7-17)13(19)12-11(15)4-3-5-16-12/h3-5,20H,6-10,15H2,1-2H3. The summed E-state index contributed by atoms with van der Waals surface area (Å²) in [6, 6.07) is 3.40. The summed E-state index contributed by atoms with van der Waals surface area (Å²) in [4.78, 5) is 20.3. The van der Waals surface area contributed by atoms with Crippen molar-refractivity contribution >= 4 is 11.6 Å². The average molecular weight is 278 g/mol. The number of nitrogen functional groups attached to an aromatic ring is 1. The van der Waals surface area contributed by atoms with Crippen LogP contribution in [-0.4, -0.2) is 64.1 Å². The summed E-state index contributed by atoms with van der Waals surface area (Å²) >= 11 is 0. The molecule has 1 aliphatic heterocycles. The fourth-order valence-corrected chi connectivity index (χ4v) is 2.40. The van der Waals surface area contributed by atoms with Gasteiger partial charge in [-0.15, -0.1) is 0 Å². The van der Waals surface area contributed by atoms with Gasteiger partial charge in [0.05, 0.1) is 11.3 Å². The van der Waals surface area contributed by atoms with Crippen LogP contribution in [0.3, 0.4) is 0 Å². The van der Waals surface area contributed by atoms with Crippen LogP contribution in [0.1, 0.15) is 24.3 Å². The van der Waals surface area contributed by atoms with Crippen LogP contribution in [0.15, 0.2) is 18.3 Å². The number of carbonyl (C=O) groups is 1. The molecule has 1 amide bonds. The van der Waals surface area contributed by atoms with Gasteiger partial charge < -0.3 is 15.7 Å². The molecule has 0 radical (unpaired) electrons. The van der Waals surface area contributed by atoms with Crippen molar-refractivity contribution in [3.8, 4) is 0 Å². The fraction of sp³-hybridized carbons (Fsp3) is 0.571. The first kappa shape index (κ1) is 14.7. The number of nitrogens with zero attached hydrogens (tertiary/aromatic N) is 3. The molecule has 2 rings (SSSR count). The molecule has 0 unspecified atom stereocenters. The topological polar surface area (TPSA) is 82.7 Å². The van der Waals surface area contributed by atoms with Gasteiger partial charge in [0.15, 0.2) is 5.69 Å². The van der Waals surface area contributed by atoms with Gasteiger partial charge in [0.2, 0.25) is 0 Å². The molecule has 3 N–H and O–H groups in total. The number of rotatable bonds is 3. The van der Waals surface area contributed by atoms with Gasteiger partial charge in [-0.05, 0) is 26.0 Å². The third-order valence-corrected chi connectivity index (χ3v) is 3.31. The predicted octanol–water partition coefficient (Wildman–Crippen LogP) is 0.193. The van der Waals surface area contributed by atoms with E-state index in [0.29, 0.717) is 31.0 Å². The highest BCUT2D eigenvalue weighted by Gasteiger charge is 2.26. The molecule has 1 aromatic heterocycles. The Morgan fingerprint density at radius 1 is 1.40 bits per heavy atom. The van der Waals surface area contributed by atoms with Crippen molar-refractivity contribution in [2.75, 3.05) is 38.5 Å². The number of aliphatic hydroxyl groups is 1. The Labute approximate surface area is 119 Å². The smallest absolute Gasteiger partial charge is 0.274 e. The van der Waals surface area contributed by atoms with Crippen LogP contribution in [-0.2, 0) is 0 Å². The van der Waals surface area contributed by atoms with E-state index in [9.17, 15) is 9.90 Å². The predicted molar refractivity (Wildman–Crippen MR) is 77.3 cm³/mol. The Kier molecular flexibility index (Phi) is 4.25. The molecule has 1 aliphatic rings. The molecule has 6 heteroatoms. The van der Waals surface area contributed by atoms with Gasteiger partial charge in [0.25, 0.3) is 5.91 Å². The van der Waals surface area contributed by atoms with Gasteiger partial charge >= 0.3 is 0 Å². The second-order valence-electron chi connectivity index (χ2n) is 5.82. The molecule has 6 nitrogen and oxygen atoms in total. The summed E-state index contributed by atoms with van der Waals surface area (Å²) in [5.74, 6) is -0.119. The summed E-state index contributed by atoms with van der Waals surface area (Å²) in [5.41, 5.74) is 5.81. The van der Waals surface area contributed by atoms with Gasteiger partial charge in [0.1, 0.15) is 0 Å². The van der Waals surface area contributed by atoms with E-state index in [2.05, 4.69) is 9.88 Å². The van der Waals surface area contributed by atoms with Crippen molar-refractivity contribution in [2.24, 2.45) is 0 Å². The van der Waals surface area contributed by atoms with Crippen molar-refractivity contribution < 1.29 is 9.90 Å². The maximum absolute atomic E-state index is 12.3. The maximum atomic E-state index is 12.3. The highest BCUT2D eigenvalue weighted by atomic mass is 16.3. The molecule has 0 bridgehead atoms. The Hall–Kier alpha value is -1.66.